The summed E-state index contributed by atoms with van der Waals surface area (Å²) in [6.07, 6.45) is 2.99. The molecule has 1 aromatic carbocycles. The summed E-state index contributed by atoms with van der Waals surface area (Å²) >= 11 is 3.67. The van der Waals surface area contributed by atoms with Crippen molar-refractivity contribution in [1.29, 1.82) is 0 Å². The number of benzene rings is 1. The number of hydrogen-bond acceptors (Lipinski definition) is 3. The summed E-state index contributed by atoms with van der Waals surface area (Å²) in [6.45, 7) is 5.17. The van der Waals surface area contributed by atoms with Gasteiger partial charge in [0.2, 0.25) is 0 Å². The van der Waals surface area contributed by atoms with Gasteiger partial charge in [-0.3, -0.25) is 0 Å². The Bertz CT molecular complexity index is 432. The summed E-state index contributed by atoms with van der Waals surface area (Å²) in [5.74, 6) is 0.639. The molecule has 0 heterocycles. The van der Waals surface area contributed by atoms with Gasteiger partial charge in [0.1, 0.15) is 0 Å². The first-order valence-electron chi connectivity index (χ1n) is 7.48. The molecule has 0 saturated heterocycles. The molecule has 0 bridgehead atoms. The van der Waals surface area contributed by atoms with Crippen LogP contribution in [0.3, 0.4) is 0 Å². The van der Waals surface area contributed by atoms with E-state index in [0.29, 0.717) is 5.92 Å². The lowest BCUT2D eigenvalue weighted by Crippen LogP contribution is -2.37. The van der Waals surface area contributed by atoms with Crippen LogP contribution >= 0.6 is 15.9 Å². The molecule has 1 fully saturated rings. The standard InChI is InChI=1S/C16H25BrN2O/c1-3-6-18-10-13-4-5-14(9-16(13)17)19(2)11-12-7-15(20)8-12/h4-5,9,12,15,18,20H,3,6-8,10-11H2,1-2H3. The summed E-state index contributed by atoms with van der Waals surface area (Å²) in [7, 11) is 2.13. The molecule has 0 amide bonds. The molecular formula is C16H25BrN2O. The first-order valence-corrected chi connectivity index (χ1v) is 8.27. The van der Waals surface area contributed by atoms with E-state index in [1.807, 2.05) is 0 Å². The van der Waals surface area contributed by atoms with Gasteiger partial charge in [-0.25, -0.2) is 0 Å². The Balaban J connectivity index is 1.90. The van der Waals surface area contributed by atoms with Gasteiger partial charge in [-0.15, -0.1) is 0 Å². The number of nitrogens with zero attached hydrogens (tertiary/aromatic N) is 1. The van der Waals surface area contributed by atoms with Gasteiger partial charge < -0.3 is 15.3 Å². The third kappa shape index (κ3) is 4.21. The van der Waals surface area contributed by atoms with Crippen molar-refractivity contribution in [2.75, 3.05) is 25.0 Å². The summed E-state index contributed by atoms with van der Waals surface area (Å²) < 4.78 is 1.17. The Morgan fingerprint density at radius 3 is 2.75 bits per heavy atom. The Labute approximate surface area is 130 Å². The molecule has 0 spiro atoms. The molecule has 0 radical (unpaired) electrons. The Kier molecular flexibility index (Phi) is 5.87. The van der Waals surface area contributed by atoms with Gasteiger partial charge in [0.15, 0.2) is 0 Å². The molecule has 0 unspecified atom stereocenters. The average Bonchev–Trinajstić information content (AvgIpc) is 2.39. The summed E-state index contributed by atoms with van der Waals surface area (Å²) in [5.41, 5.74) is 2.53. The monoisotopic (exact) mass is 340 g/mol. The van der Waals surface area contributed by atoms with Crippen LogP contribution in [-0.2, 0) is 6.54 Å². The van der Waals surface area contributed by atoms with Gasteiger partial charge in [0.25, 0.3) is 0 Å². The second-order valence-electron chi connectivity index (χ2n) is 5.82. The fourth-order valence-electron chi connectivity index (χ4n) is 2.66. The third-order valence-electron chi connectivity index (χ3n) is 3.96. The molecule has 1 saturated carbocycles. The average molecular weight is 341 g/mol. The van der Waals surface area contributed by atoms with Crippen molar-refractivity contribution in [1.82, 2.24) is 5.32 Å². The lowest BCUT2D eigenvalue weighted by molar-refractivity contribution is 0.0465. The maximum absolute atomic E-state index is 9.35. The van der Waals surface area contributed by atoms with Crippen molar-refractivity contribution in [3.63, 3.8) is 0 Å². The number of rotatable bonds is 7. The molecule has 1 aromatic rings. The smallest absolute Gasteiger partial charge is 0.0546 e. The van der Waals surface area contributed by atoms with E-state index in [-0.39, 0.29) is 6.10 Å². The molecule has 4 heteroatoms. The number of aliphatic hydroxyl groups excluding tert-OH is 1. The zero-order valence-corrected chi connectivity index (χ0v) is 14.0. The minimum Gasteiger partial charge on any atom is -0.393 e. The van der Waals surface area contributed by atoms with Gasteiger partial charge in [0, 0.05) is 30.3 Å². The van der Waals surface area contributed by atoms with Crippen LogP contribution in [-0.4, -0.2) is 31.3 Å². The molecule has 2 rings (SSSR count). The molecule has 1 aliphatic rings. The molecule has 0 aromatic heterocycles. The third-order valence-corrected chi connectivity index (χ3v) is 4.70. The van der Waals surface area contributed by atoms with Crippen LogP contribution in [0.4, 0.5) is 5.69 Å². The maximum atomic E-state index is 9.35. The van der Waals surface area contributed by atoms with E-state index in [2.05, 4.69) is 58.3 Å². The molecule has 20 heavy (non-hydrogen) atoms. The second-order valence-corrected chi connectivity index (χ2v) is 6.68. The number of hydrogen-bond donors (Lipinski definition) is 2. The predicted molar refractivity (Wildman–Crippen MR) is 88.1 cm³/mol. The SMILES string of the molecule is CCCNCc1ccc(N(C)CC2CC(O)C2)cc1Br. The van der Waals surface area contributed by atoms with Crippen LogP contribution < -0.4 is 10.2 Å². The van der Waals surface area contributed by atoms with E-state index >= 15 is 0 Å². The Hall–Kier alpha value is -0.580. The minimum absolute atomic E-state index is 0.0628. The van der Waals surface area contributed by atoms with Crippen molar-refractivity contribution < 1.29 is 5.11 Å². The summed E-state index contributed by atoms with van der Waals surface area (Å²) in [4.78, 5) is 2.28. The lowest BCUT2D eigenvalue weighted by atomic mass is 9.82. The van der Waals surface area contributed by atoms with Crippen LogP contribution in [0.5, 0.6) is 0 Å². The quantitative estimate of drug-likeness (QED) is 0.748. The van der Waals surface area contributed by atoms with Crippen LogP contribution in [0.1, 0.15) is 31.7 Å². The zero-order chi connectivity index (χ0) is 14.5. The van der Waals surface area contributed by atoms with Crippen LogP contribution in [0, 0.1) is 5.92 Å². The highest BCUT2D eigenvalue weighted by molar-refractivity contribution is 9.10. The van der Waals surface area contributed by atoms with E-state index in [4.69, 9.17) is 0 Å². The van der Waals surface area contributed by atoms with Crippen molar-refractivity contribution >= 4 is 21.6 Å². The topological polar surface area (TPSA) is 35.5 Å². The van der Waals surface area contributed by atoms with Crippen molar-refractivity contribution in [2.45, 2.75) is 38.8 Å². The maximum Gasteiger partial charge on any atom is 0.0546 e. The molecular weight excluding hydrogens is 316 g/mol. The molecule has 0 atom stereocenters. The fraction of sp³-hybridized carbons (Fsp3) is 0.625. The van der Waals surface area contributed by atoms with Gasteiger partial charge in [-0.2, -0.15) is 0 Å². The highest BCUT2D eigenvalue weighted by Gasteiger charge is 2.28. The number of aliphatic hydroxyl groups is 1. The molecule has 1 aliphatic carbocycles. The highest BCUT2D eigenvalue weighted by atomic mass is 79.9. The summed E-state index contributed by atoms with van der Waals surface area (Å²) in [6, 6.07) is 6.56. The molecule has 112 valence electrons. The van der Waals surface area contributed by atoms with Crippen LogP contribution in [0.15, 0.2) is 22.7 Å². The second kappa shape index (κ2) is 7.43. The first-order chi connectivity index (χ1) is 9.60. The first kappa shape index (κ1) is 15.8. The van der Waals surface area contributed by atoms with Crippen LogP contribution in [0.2, 0.25) is 0 Å². The summed E-state index contributed by atoms with van der Waals surface area (Å²) in [5, 5.41) is 12.8. The predicted octanol–water partition coefficient (Wildman–Crippen LogP) is 3.16. The van der Waals surface area contributed by atoms with Gasteiger partial charge in [0.05, 0.1) is 6.10 Å². The minimum atomic E-state index is -0.0628. The van der Waals surface area contributed by atoms with E-state index in [0.717, 1.165) is 38.9 Å². The molecule has 0 aliphatic heterocycles. The van der Waals surface area contributed by atoms with E-state index in [1.54, 1.807) is 0 Å². The Morgan fingerprint density at radius 1 is 1.40 bits per heavy atom. The number of nitrogens with one attached hydrogen (secondary N) is 1. The number of anilines is 1. The highest BCUT2D eigenvalue weighted by Crippen LogP contribution is 2.30. The lowest BCUT2D eigenvalue weighted by Gasteiger charge is -2.35. The fourth-order valence-corrected chi connectivity index (χ4v) is 3.17. The van der Waals surface area contributed by atoms with Crippen molar-refractivity contribution in [3.05, 3.63) is 28.2 Å². The van der Waals surface area contributed by atoms with E-state index < -0.39 is 0 Å². The normalized spacial score (nSPS) is 21.6. The van der Waals surface area contributed by atoms with Crippen molar-refractivity contribution in [2.24, 2.45) is 5.92 Å². The van der Waals surface area contributed by atoms with Gasteiger partial charge in [-0.1, -0.05) is 28.9 Å². The number of halogens is 1. The van der Waals surface area contributed by atoms with Crippen molar-refractivity contribution in [3.8, 4) is 0 Å². The Morgan fingerprint density at radius 2 is 2.15 bits per heavy atom. The van der Waals surface area contributed by atoms with E-state index in [9.17, 15) is 5.11 Å². The molecule has 3 nitrogen and oxygen atoms in total. The zero-order valence-electron chi connectivity index (χ0n) is 12.4. The van der Waals surface area contributed by atoms with E-state index in [1.165, 1.54) is 15.7 Å². The van der Waals surface area contributed by atoms with Gasteiger partial charge >= 0.3 is 0 Å². The largest absolute Gasteiger partial charge is 0.393 e. The molecule has 2 N–H and O–H groups in total. The van der Waals surface area contributed by atoms with Gasteiger partial charge in [-0.05, 0) is 49.4 Å². The van der Waals surface area contributed by atoms with Crippen LogP contribution in [0.25, 0.3) is 0 Å².